The average molecular weight is 305 g/mol. The van der Waals surface area contributed by atoms with Crippen molar-refractivity contribution in [2.24, 2.45) is 10.8 Å². The van der Waals surface area contributed by atoms with Crippen molar-refractivity contribution < 1.29 is 19.5 Å². The van der Waals surface area contributed by atoms with E-state index >= 15 is 0 Å². The molecule has 1 N–H and O–H groups in total. The molecule has 22 heavy (non-hydrogen) atoms. The van der Waals surface area contributed by atoms with Crippen molar-refractivity contribution in [2.45, 2.75) is 47.5 Å². The van der Waals surface area contributed by atoms with Crippen LogP contribution in [0.2, 0.25) is 0 Å². The minimum Gasteiger partial charge on any atom is -0.478 e. The van der Waals surface area contributed by atoms with Crippen molar-refractivity contribution >= 4 is 17.5 Å². The number of aromatic nitrogens is 1. The van der Waals surface area contributed by atoms with Gasteiger partial charge in [-0.3, -0.25) is 14.6 Å². The maximum Gasteiger partial charge on any atom is 0.337 e. The Morgan fingerprint density at radius 1 is 1.00 bits per heavy atom. The standard InChI is InChI=1S/C17H23NO4/c1-16(2,3)13(19)11(14(20)17(4,5)6)12-10(15(21)22)8-7-9-18-12/h7-9,11H,1-6H3,(H,21,22). The number of hydrogen-bond acceptors (Lipinski definition) is 4. The summed E-state index contributed by atoms with van der Waals surface area (Å²) in [7, 11) is 0. The molecule has 5 heteroatoms. The van der Waals surface area contributed by atoms with E-state index < -0.39 is 22.7 Å². The van der Waals surface area contributed by atoms with Gasteiger partial charge in [0.15, 0.2) is 11.6 Å². The second-order valence-corrected chi connectivity index (χ2v) is 7.40. The second kappa shape index (κ2) is 5.99. The molecule has 0 aromatic carbocycles. The van der Waals surface area contributed by atoms with E-state index in [1.165, 1.54) is 18.3 Å². The largest absolute Gasteiger partial charge is 0.478 e. The highest BCUT2D eigenvalue weighted by Gasteiger charge is 2.42. The molecule has 1 rings (SSSR count). The van der Waals surface area contributed by atoms with E-state index in [0.717, 1.165) is 0 Å². The molecule has 5 nitrogen and oxygen atoms in total. The number of carboxylic acids is 1. The van der Waals surface area contributed by atoms with E-state index in [2.05, 4.69) is 4.98 Å². The first kappa shape index (κ1) is 18.0. The zero-order chi connectivity index (χ0) is 17.3. The monoisotopic (exact) mass is 305 g/mol. The second-order valence-electron chi connectivity index (χ2n) is 7.40. The van der Waals surface area contributed by atoms with Crippen LogP contribution in [0.25, 0.3) is 0 Å². The van der Waals surface area contributed by atoms with E-state index in [9.17, 15) is 19.5 Å². The summed E-state index contributed by atoms with van der Waals surface area (Å²) < 4.78 is 0. The van der Waals surface area contributed by atoms with Gasteiger partial charge >= 0.3 is 5.97 Å². The molecule has 0 saturated heterocycles. The number of carboxylic acid groups (broad SMARTS) is 1. The van der Waals surface area contributed by atoms with Gasteiger partial charge in [-0.05, 0) is 12.1 Å². The number of Topliss-reactive ketones (excluding diaryl/α,β-unsaturated/α-hetero) is 2. The minimum atomic E-state index is -1.20. The van der Waals surface area contributed by atoms with E-state index in [1.54, 1.807) is 41.5 Å². The minimum absolute atomic E-state index is 0.0230. The third-order valence-corrected chi connectivity index (χ3v) is 3.35. The van der Waals surface area contributed by atoms with E-state index in [0.29, 0.717) is 0 Å². The first-order valence-corrected chi connectivity index (χ1v) is 7.14. The number of ketones is 2. The first-order chi connectivity index (χ1) is 9.87. The summed E-state index contributed by atoms with van der Waals surface area (Å²) in [5, 5.41) is 9.32. The Morgan fingerprint density at radius 3 is 1.82 bits per heavy atom. The van der Waals surface area contributed by atoms with Crippen LogP contribution < -0.4 is 0 Å². The Morgan fingerprint density at radius 2 is 1.45 bits per heavy atom. The van der Waals surface area contributed by atoms with Gasteiger partial charge in [-0.25, -0.2) is 4.79 Å². The zero-order valence-corrected chi connectivity index (χ0v) is 13.9. The van der Waals surface area contributed by atoms with E-state index in [4.69, 9.17) is 0 Å². The fourth-order valence-electron chi connectivity index (χ4n) is 2.06. The first-order valence-electron chi connectivity index (χ1n) is 7.14. The third kappa shape index (κ3) is 3.78. The van der Waals surface area contributed by atoms with Gasteiger partial charge in [0.25, 0.3) is 0 Å². The lowest BCUT2D eigenvalue weighted by molar-refractivity contribution is -0.137. The highest BCUT2D eigenvalue weighted by atomic mass is 16.4. The van der Waals surface area contributed by atoms with Crippen LogP contribution in [0.1, 0.15) is 63.5 Å². The molecule has 0 unspecified atom stereocenters. The van der Waals surface area contributed by atoms with Gasteiger partial charge in [-0.2, -0.15) is 0 Å². The molecule has 0 fully saturated rings. The molecule has 0 radical (unpaired) electrons. The van der Waals surface area contributed by atoms with Crippen LogP contribution in [-0.2, 0) is 9.59 Å². The molecule has 1 heterocycles. The van der Waals surface area contributed by atoms with Gasteiger partial charge in [0.05, 0.1) is 11.3 Å². The average Bonchev–Trinajstić information content (AvgIpc) is 2.37. The Balaban J connectivity index is 3.56. The Labute approximate surface area is 130 Å². The Bertz CT molecular complexity index is 580. The number of pyridine rings is 1. The molecular weight excluding hydrogens is 282 g/mol. The normalized spacial score (nSPS) is 12.3. The van der Waals surface area contributed by atoms with Crippen LogP contribution in [0, 0.1) is 10.8 Å². The van der Waals surface area contributed by atoms with Gasteiger partial charge < -0.3 is 5.11 Å². The predicted octanol–water partition coefficient (Wildman–Crippen LogP) is 3.09. The molecule has 0 bridgehead atoms. The lowest BCUT2D eigenvalue weighted by Gasteiger charge is -2.29. The molecule has 120 valence electrons. The summed E-state index contributed by atoms with van der Waals surface area (Å²) in [4.78, 5) is 41.0. The zero-order valence-electron chi connectivity index (χ0n) is 13.9. The maximum atomic E-state index is 12.8. The summed E-state index contributed by atoms with van der Waals surface area (Å²) in [6.07, 6.45) is 1.40. The Kier molecular flexibility index (Phi) is 4.90. The highest BCUT2D eigenvalue weighted by molar-refractivity contribution is 6.12. The van der Waals surface area contributed by atoms with Gasteiger partial charge in [-0.1, -0.05) is 41.5 Å². The van der Waals surface area contributed by atoms with Gasteiger partial charge in [0.2, 0.25) is 0 Å². The maximum absolute atomic E-state index is 12.8. The molecule has 0 saturated carbocycles. The van der Waals surface area contributed by atoms with Crippen LogP contribution in [0.4, 0.5) is 0 Å². The predicted molar refractivity (Wildman–Crippen MR) is 82.9 cm³/mol. The summed E-state index contributed by atoms with van der Waals surface area (Å²) in [6.45, 7) is 10.3. The van der Waals surface area contributed by atoms with E-state index in [1.807, 2.05) is 0 Å². The molecule has 0 spiro atoms. The summed E-state index contributed by atoms with van der Waals surface area (Å²) in [5.74, 6) is -3.02. The van der Waals surface area contributed by atoms with Crippen molar-refractivity contribution in [3.8, 4) is 0 Å². The summed E-state index contributed by atoms with van der Waals surface area (Å²) >= 11 is 0. The molecule has 0 amide bonds. The van der Waals surface area contributed by atoms with Crippen molar-refractivity contribution in [2.75, 3.05) is 0 Å². The highest BCUT2D eigenvalue weighted by Crippen LogP contribution is 2.34. The summed E-state index contributed by atoms with van der Waals surface area (Å²) in [6, 6.07) is 2.84. The molecule has 0 atom stereocenters. The number of hydrogen-bond donors (Lipinski definition) is 1. The molecule has 0 aliphatic heterocycles. The Hall–Kier alpha value is -2.04. The lowest BCUT2D eigenvalue weighted by atomic mass is 9.72. The fraction of sp³-hybridized carbons (Fsp3) is 0.529. The lowest BCUT2D eigenvalue weighted by Crippen LogP contribution is -2.38. The number of nitrogens with zero attached hydrogens (tertiary/aromatic N) is 1. The van der Waals surface area contributed by atoms with Crippen LogP contribution in [0.5, 0.6) is 0 Å². The van der Waals surface area contributed by atoms with Crippen LogP contribution in [0.3, 0.4) is 0 Å². The third-order valence-electron chi connectivity index (χ3n) is 3.35. The molecule has 0 aliphatic rings. The van der Waals surface area contributed by atoms with Gasteiger partial charge in [-0.15, -0.1) is 0 Å². The van der Waals surface area contributed by atoms with Crippen LogP contribution >= 0.6 is 0 Å². The SMILES string of the molecule is CC(C)(C)C(=O)C(C(=O)C(C)(C)C)c1ncccc1C(=O)O. The number of carbonyl (C=O) groups excluding carboxylic acids is 2. The number of aromatic carboxylic acids is 1. The molecule has 0 aliphatic carbocycles. The quantitative estimate of drug-likeness (QED) is 0.864. The van der Waals surface area contributed by atoms with E-state index in [-0.39, 0.29) is 22.8 Å². The molecular formula is C17H23NO4. The molecule has 1 aromatic heterocycles. The number of carbonyl (C=O) groups is 3. The number of rotatable bonds is 4. The van der Waals surface area contributed by atoms with Gasteiger partial charge in [0.1, 0.15) is 5.92 Å². The van der Waals surface area contributed by atoms with Crippen LogP contribution in [-0.4, -0.2) is 27.6 Å². The van der Waals surface area contributed by atoms with Crippen LogP contribution in [0.15, 0.2) is 18.3 Å². The smallest absolute Gasteiger partial charge is 0.337 e. The van der Waals surface area contributed by atoms with Crippen molar-refractivity contribution in [3.05, 3.63) is 29.6 Å². The van der Waals surface area contributed by atoms with Crippen molar-refractivity contribution in [1.29, 1.82) is 0 Å². The topological polar surface area (TPSA) is 84.3 Å². The summed E-state index contributed by atoms with van der Waals surface area (Å²) in [5.41, 5.74) is -1.64. The van der Waals surface area contributed by atoms with Crippen molar-refractivity contribution in [3.63, 3.8) is 0 Å². The van der Waals surface area contributed by atoms with Gasteiger partial charge in [0, 0.05) is 17.0 Å². The molecule has 1 aromatic rings. The van der Waals surface area contributed by atoms with Crippen molar-refractivity contribution in [1.82, 2.24) is 4.98 Å². The fourth-order valence-corrected chi connectivity index (χ4v) is 2.06.